The van der Waals surface area contributed by atoms with Crippen molar-refractivity contribution in [2.45, 2.75) is 19.8 Å². The van der Waals surface area contributed by atoms with Crippen molar-refractivity contribution in [2.75, 3.05) is 0 Å². The average Bonchev–Trinajstić information content (AvgIpc) is 1.63. The molecule has 9 heavy (non-hydrogen) atoms. The standard InChI is InChI=1S/C6H9NO2/c1-5(2-3-7)4-6(8)9/h5H,2,4H2,1H3,(H,8,9). The lowest BCUT2D eigenvalue weighted by molar-refractivity contribution is -0.137. The number of nitrogens with zero attached hydrogens (tertiary/aromatic N) is 1. The van der Waals surface area contributed by atoms with Crippen LogP contribution in [-0.4, -0.2) is 11.1 Å². The van der Waals surface area contributed by atoms with Crippen molar-refractivity contribution in [3.63, 3.8) is 0 Å². The van der Waals surface area contributed by atoms with E-state index in [9.17, 15) is 4.79 Å². The molecule has 50 valence electrons. The molecule has 0 aromatic heterocycles. The van der Waals surface area contributed by atoms with Crippen molar-refractivity contribution in [1.29, 1.82) is 5.26 Å². The van der Waals surface area contributed by atoms with E-state index in [4.69, 9.17) is 10.4 Å². The van der Waals surface area contributed by atoms with E-state index in [1.54, 1.807) is 6.92 Å². The van der Waals surface area contributed by atoms with E-state index in [1.165, 1.54) is 0 Å². The highest BCUT2D eigenvalue weighted by atomic mass is 16.4. The quantitative estimate of drug-likeness (QED) is 0.615. The molecule has 3 heteroatoms. The molecule has 0 aromatic carbocycles. The summed E-state index contributed by atoms with van der Waals surface area (Å²) in [5.74, 6) is -0.856. The molecule has 0 aliphatic heterocycles. The van der Waals surface area contributed by atoms with E-state index < -0.39 is 5.97 Å². The highest BCUT2D eigenvalue weighted by Crippen LogP contribution is 2.04. The van der Waals surface area contributed by atoms with Gasteiger partial charge in [-0.2, -0.15) is 5.26 Å². The van der Waals surface area contributed by atoms with Crippen LogP contribution in [0.15, 0.2) is 0 Å². The maximum atomic E-state index is 9.98. The summed E-state index contributed by atoms with van der Waals surface area (Å²) in [6.45, 7) is 1.75. The number of nitriles is 1. The normalized spacial score (nSPS) is 12.0. The number of aliphatic carboxylic acids is 1. The first-order valence-electron chi connectivity index (χ1n) is 2.75. The first-order valence-corrected chi connectivity index (χ1v) is 2.75. The summed E-state index contributed by atoms with van der Waals surface area (Å²) in [6, 6.07) is 1.91. The van der Waals surface area contributed by atoms with Gasteiger partial charge >= 0.3 is 5.97 Å². The molecule has 0 fully saturated rings. The van der Waals surface area contributed by atoms with Crippen LogP contribution in [0.3, 0.4) is 0 Å². The van der Waals surface area contributed by atoms with Crippen molar-refractivity contribution in [2.24, 2.45) is 5.92 Å². The van der Waals surface area contributed by atoms with Gasteiger partial charge in [0.05, 0.1) is 6.07 Å². The fourth-order valence-corrected chi connectivity index (χ4v) is 0.526. The predicted molar refractivity (Wildman–Crippen MR) is 31.6 cm³/mol. The largest absolute Gasteiger partial charge is 0.481 e. The van der Waals surface area contributed by atoms with Crippen LogP contribution in [0.1, 0.15) is 19.8 Å². The number of hydrogen-bond donors (Lipinski definition) is 1. The highest BCUT2D eigenvalue weighted by molar-refractivity contribution is 5.66. The van der Waals surface area contributed by atoms with Gasteiger partial charge in [-0.1, -0.05) is 6.92 Å². The Morgan fingerprint density at radius 3 is 2.78 bits per heavy atom. The zero-order chi connectivity index (χ0) is 7.28. The van der Waals surface area contributed by atoms with Gasteiger partial charge in [-0.05, 0) is 5.92 Å². The Kier molecular flexibility index (Phi) is 3.45. The van der Waals surface area contributed by atoms with Crippen LogP contribution < -0.4 is 0 Å². The van der Waals surface area contributed by atoms with Crippen molar-refractivity contribution in [1.82, 2.24) is 0 Å². The minimum absolute atomic E-state index is 0.0208. The van der Waals surface area contributed by atoms with Crippen molar-refractivity contribution in [3.05, 3.63) is 0 Å². The summed E-state index contributed by atoms with van der Waals surface area (Å²) >= 11 is 0. The van der Waals surface area contributed by atoms with Gasteiger partial charge in [0, 0.05) is 12.8 Å². The average molecular weight is 127 g/mol. The molecule has 0 saturated carbocycles. The molecule has 0 bridgehead atoms. The summed E-state index contributed by atoms with van der Waals surface area (Å²) in [4.78, 5) is 9.98. The molecule has 0 aromatic rings. The number of carboxylic acid groups (broad SMARTS) is 1. The molecule has 1 atom stereocenters. The lowest BCUT2D eigenvalue weighted by atomic mass is 10.1. The number of rotatable bonds is 3. The van der Waals surface area contributed by atoms with E-state index >= 15 is 0 Å². The zero-order valence-corrected chi connectivity index (χ0v) is 5.29. The monoisotopic (exact) mass is 127 g/mol. The zero-order valence-electron chi connectivity index (χ0n) is 5.29. The Labute approximate surface area is 53.9 Å². The molecule has 0 aliphatic carbocycles. The number of carbonyl (C=O) groups is 1. The third-order valence-electron chi connectivity index (χ3n) is 0.963. The van der Waals surface area contributed by atoms with E-state index in [1.807, 2.05) is 6.07 Å². The van der Waals surface area contributed by atoms with Gasteiger partial charge in [-0.25, -0.2) is 0 Å². The SMILES string of the molecule is CC(CC#N)CC(=O)O. The topological polar surface area (TPSA) is 61.1 Å². The maximum absolute atomic E-state index is 9.98. The van der Waals surface area contributed by atoms with E-state index in [-0.39, 0.29) is 12.3 Å². The minimum atomic E-state index is -0.835. The van der Waals surface area contributed by atoms with Crippen molar-refractivity contribution < 1.29 is 9.90 Å². The molecule has 0 radical (unpaired) electrons. The summed E-state index contributed by atoms with van der Waals surface area (Å²) in [7, 11) is 0. The second kappa shape index (κ2) is 3.90. The highest BCUT2D eigenvalue weighted by Gasteiger charge is 2.05. The van der Waals surface area contributed by atoms with Crippen LogP contribution >= 0.6 is 0 Å². The van der Waals surface area contributed by atoms with Crippen LogP contribution in [0.4, 0.5) is 0 Å². The second-order valence-electron chi connectivity index (χ2n) is 2.07. The Bertz CT molecular complexity index is 136. The Hall–Kier alpha value is -1.04. The molecule has 0 amide bonds. The van der Waals surface area contributed by atoms with Crippen LogP contribution in [0.25, 0.3) is 0 Å². The van der Waals surface area contributed by atoms with Gasteiger partial charge in [0.2, 0.25) is 0 Å². The molecule has 0 rings (SSSR count). The van der Waals surface area contributed by atoms with E-state index in [2.05, 4.69) is 0 Å². The molecular formula is C6H9NO2. The lowest BCUT2D eigenvalue weighted by Gasteiger charge is -1.99. The van der Waals surface area contributed by atoms with Crippen molar-refractivity contribution >= 4 is 5.97 Å². The fraction of sp³-hybridized carbons (Fsp3) is 0.667. The lowest BCUT2D eigenvalue weighted by Crippen LogP contribution is -2.02. The first kappa shape index (κ1) is 7.96. The summed E-state index contributed by atoms with van der Waals surface area (Å²) < 4.78 is 0. The van der Waals surface area contributed by atoms with Crippen molar-refractivity contribution in [3.8, 4) is 6.07 Å². The third kappa shape index (κ3) is 4.82. The van der Waals surface area contributed by atoms with Gasteiger partial charge in [0.25, 0.3) is 0 Å². The van der Waals surface area contributed by atoms with E-state index in [0.717, 1.165) is 0 Å². The molecule has 0 aliphatic rings. The number of carboxylic acids is 1. The Morgan fingerprint density at radius 1 is 1.89 bits per heavy atom. The Balaban J connectivity index is 3.40. The molecular weight excluding hydrogens is 118 g/mol. The van der Waals surface area contributed by atoms with Crippen LogP contribution in [0.2, 0.25) is 0 Å². The molecule has 0 spiro atoms. The third-order valence-corrected chi connectivity index (χ3v) is 0.963. The molecule has 0 heterocycles. The van der Waals surface area contributed by atoms with Gasteiger partial charge < -0.3 is 5.11 Å². The maximum Gasteiger partial charge on any atom is 0.303 e. The van der Waals surface area contributed by atoms with Crippen LogP contribution in [0.5, 0.6) is 0 Å². The van der Waals surface area contributed by atoms with E-state index in [0.29, 0.717) is 6.42 Å². The molecule has 1 N–H and O–H groups in total. The first-order chi connectivity index (χ1) is 4.16. The summed E-state index contributed by atoms with van der Waals surface area (Å²) in [5, 5.41) is 16.3. The van der Waals surface area contributed by atoms with Crippen LogP contribution in [0, 0.1) is 17.2 Å². The van der Waals surface area contributed by atoms with Gasteiger partial charge in [-0.3, -0.25) is 4.79 Å². The molecule has 3 nitrogen and oxygen atoms in total. The van der Waals surface area contributed by atoms with Gasteiger partial charge in [0.15, 0.2) is 0 Å². The van der Waals surface area contributed by atoms with Crippen LogP contribution in [-0.2, 0) is 4.79 Å². The smallest absolute Gasteiger partial charge is 0.303 e. The van der Waals surface area contributed by atoms with Gasteiger partial charge in [0.1, 0.15) is 0 Å². The molecule has 0 saturated heterocycles. The number of hydrogen-bond acceptors (Lipinski definition) is 2. The fourth-order valence-electron chi connectivity index (χ4n) is 0.526. The molecule has 1 unspecified atom stereocenters. The second-order valence-corrected chi connectivity index (χ2v) is 2.07. The Morgan fingerprint density at radius 2 is 2.44 bits per heavy atom. The minimum Gasteiger partial charge on any atom is -0.481 e. The summed E-state index contributed by atoms with van der Waals surface area (Å²) in [5.41, 5.74) is 0. The predicted octanol–water partition coefficient (Wildman–Crippen LogP) is 1.01. The van der Waals surface area contributed by atoms with Gasteiger partial charge in [-0.15, -0.1) is 0 Å². The summed E-state index contributed by atoms with van der Waals surface area (Å²) in [6.07, 6.45) is 0.417.